The van der Waals surface area contributed by atoms with Gasteiger partial charge in [-0.15, -0.1) is 0 Å². The van der Waals surface area contributed by atoms with Crippen molar-refractivity contribution >= 4 is 16.9 Å². The van der Waals surface area contributed by atoms with E-state index in [-0.39, 0.29) is 12.3 Å². The van der Waals surface area contributed by atoms with Crippen LogP contribution in [-0.4, -0.2) is 20.6 Å². The van der Waals surface area contributed by atoms with Gasteiger partial charge in [0, 0.05) is 30.9 Å². The highest BCUT2D eigenvalue weighted by Gasteiger charge is 2.12. The van der Waals surface area contributed by atoms with Crippen molar-refractivity contribution in [2.45, 2.75) is 19.5 Å². The number of imidazole rings is 1. The number of amides is 1. The molecule has 4 rings (SSSR count). The third-order valence-electron chi connectivity index (χ3n) is 4.29. The molecule has 1 amide bonds. The van der Waals surface area contributed by atoms with E-state index < -0.39 is 0 Å². The van der Waals surface area contributed by atoms with E-state index in [1.807, 2.05) is 53.2 Å². The Kier molecular flexibility index (Phi) is 4.47. The molecular formula is C20H18N4O2. The first-order valence-electron chi connectivity index (χ1n) is 8.42. The Bertz CT molecular complexity index is 1020. The number of para-hydroxylation sites is 1. The minimum atomic E-state index is -0.0820. The van der Waals surface area contributed by atoms with Gasteiger partial charge in [0.2, 0.25) is 5.91 Å². The maximum Gasteiger partial charge on any atom is 0.226 e. The summed E-state index contributed by atoms with van der Waals surface area (Å²) in [5.41, 5.74) is 3.59. The normalized spacial score (nSPS) is 10.9. The van der Waals surface area contributed by atoms with Gasteiger partial charge in [-0.3, -0.25) is 4.79 Å². The number of carbonyl (C=O) groups excluding carboxylic acids is 1. The van der Waals surface area contributed by atoms with Crippen molar-refractivity contribution in [1.29, 1.82) is 0 Å². The van der Waals surface area contributed by atoms with E-state index >= 15 is 0 Å². The van der Waals surface area contributed by atoms with Crippen molar-refractivity contribution in [3.8, 4) is 0 Å². The molecule has 130 valence electrons. The maximum atomic E-state index is 12.3. The molecule has 2 aromatic carbocycles. The van der Waals surface area contributed by atoms with Gasteiger partial charge in [0.25, 0.3) is 0 Å². The molecule has 4 aromatic rings. The standard InChI is InChI=1S/C20H18N4O2/c25-20(11-18-17-7-3-4-8-19(17)26-23-18)22-12-15-5-1-2-6-16(15)13-24-10-9-21-14-24/h1-10,14H,11-13H2,(H,22,25). The number of carbonyl (C=O) groups is 1. The average molecular weight is 346 g/mol. The Morgan fingerprint density at radius 2 is 1.88 bits per heavy atom. The predicted octanol–water partition coefficient (Wildman–Crippen LogP) is 2.93. The van der Waals surface area contributed by atoms with Crippen LogP contribution in [0.1, 0.15) is 16.8 Å². The number of nitrogens with zero attached hydrogens (tertiary/aromatic N) is 3. The molecule has 6 heteroatoms. The summed E-state index contributed by atoms with van der Waals surface area (Å²) in [6.07, 6.45) is 5.66. The van der Waals surface area contributed by atoms with Crippen molar-refractivity contribution in [2.75, 3.05) is 0 Å². The van der Waals surface area contributed by atoms with Gasteiger partial charge in [0.15, 0.2) is 5.58 Å². The minimum Gasteiger partial charge on any atom is -0.356 e. The molecule has 6 nitrogen and oxygen atoms in total. The first-order valence-corrected chi connectivity index (χ1v) is 8.42. The molecule has 1 N–H and O–H groups in total. The van der Waals surface area contributed by atoms with E-state index in [0.717, 1.165) is 23.1 Å². The molecule has 0 atom stereocenters. The Labute approximate surface area is 150 Å². The summed E-state index contributed by atoms with van der Waals surface area (Å²) in [6, 6.07) is 15.6. The lowest BCUT2D eigenvalue weighted by Crippen LogP contribution is -2.25. The van der Waals surface area contributed by atoms with Crippen LogP contribution in [0.4, 0.5) is 0 Å². The third kappa shape index (κ3) is 3.49. The molecule has 0 spiro atoms. The Hall–Kier alpha value is -3.41. The topological polar surface area (TPSA) is 73.0 Å². The van der Waals surface area contributed by atoms with Crippen LogP contribution in [0.25, 0.3) is 11.0 Å². The molecule has 26 heavy (non-hydrogen) atoms. The Morgan fingerprint density at radius 3 is 2.73 bits per heavy atom. The van der Waals surface area contributed by atoms with E-state index in [2.05, 4.69) is 21.5 Å². The SMILES string of the molecule is O=C(Cc1noc2ccccc12)NCc1ccccc1Cn1ccnc1. The van der Waals surface area contributed by atoms with Crippen LogP contribution in [0, 0.1) is 0 Å². The smallest absolute Gasteiger partial charge is 0.226 e. The number of nitrogens with one attached hydrogen (secondary N) is 1. The van der Waals surface area contributed by atoms with Crippen LogP contribution in [0.15, 0.2) is 71.8 Å². The molecule has 0 aliphatic carbocycles. The second-order valence-corrected chi connectivity index (χ2v) is 6.08. The van der Waals surface area contributed by atoms with Gasteiger partial charge in [-0.1, -0.05) is 41.6 Å². The van der Waals surface area contributed by atoms with Crippen LogP contribution in [-0.2, 0) is 24.3 Å². The van der Waals surface area contributed by atoms with E-state index in [1.54, 1.807) is 12.5 Å². The first kappa shape index (κ1) is 16.1. The summed E-state index contributed by atoms with van der Waals surface area (Å²) in [6.45, 7) is 1.19. The lowest BCUT2D eigenvalue weighted by molar-refractivity contribution is -0.120. The van der Waals surface area contributed by atoms with Crippen molar-refractivity contribution in [2.24, 2.45) is 0 Å². The van der Waals surface area contributed by atoms with Crippen LogP contribution < -0.4 is 5.32 Å². The van der Waals surface area contributed by atoms with Gasteiger partial charge in [-0.05, 0) is 23.3 Å². The van der Waals surface area contributed by atoms with Gasteiger partial charge >= 0.3 is 0 Å². The molecule has 2 aromatic heterocycles. The van der Waals surface area contributed by atoms with E-state index in [0.29, 0.717) is 17.8 Å². The maximum absolute atomic E-state index is 12.3. The summed E-state index contributed by atoms with van der Waals surface area (Å²) >= 11 is 0. The van der Waals surface area contributed by atoms with Crippen molar-refractivity contribution in [1.82, 2.24) is 20.0 Å². The summed E-state index contributed by atoms with van der Waals surface area (Å²) in [5, 5.41) is 7.87. The highest BCUT2D eigenvalue weighted by atomic mass is 16.5. The van der Waals surface area contributed by atoms with E-state index in [1.165, 1.54) is 0 Å². The minimum absolute atomic E-state index is 0.0820. The number of hydrogen-bond donors (Lipinski definition) is 1. The van der Waals surface area contributed by atoms with Crippen LogP contribution >= 0.6 is 0 Å². The second kappa shape index (κ2) is 7.23. The summed E-state index contributed by atoms with van der Waals surface area (Å²) < 4.78 is 7.25. The van der Waals surface area contributed by atoms with Crippen LogP contribution in [0.3, 0.4) is 0 Å². The van der Waals surface area contributed by atoms with Crippen molar-refractivity contribution < 1.29 is 9.32 Å². The monoisotopic (exact) mass is 346 g/mol. The first-order chi connectivity index (χ1) is 12.8. The molecule has 0 fully saturated rings. The average Bonchev–Trinajstić information content (AvgIpc) is 3.31. The summed E-state index contributed by atoms with van der Waals surface area (Å²) in [5.74, 6) is -0.0820. The second-order valence-electron chi connectivity index (χ2n) is 6.08. The molecule has 0 saturated heterocycles. The molecule has 0 bridgehead atoms. The van der Waals surface area contributed by atoms with Gasteiger partial charge in [0.05, 0.1) is 12.7 Å². The van der Waals surface area contributed by atoms with Crippen molar-refractivity contribution in [3.63, 3.8) is 0 Å². The van der Waals surface area contributed by atoms with Crippen LogP contribution in [0.2, 0.25) is 0 Å². The number of benzene rings is 2. The van der Waals surface area contributed by atoms with E-state index in [9.17, 15) is 4.79 Å². The molecule has 0 aliphatic heterocycles. The van der Waals surface area contributed by atoms with E-state index in [4.69, 9.17) is 4.52 Å². The molecule has 0 aliphatic rings. The molecule has 0 radical (unpaired) electrons. The zero-order chi connectivity index (χ0) is 17.8. The number of hydrogen-bond acceptors (Lipinski definition) is 4. The van der Waals surface area contributed by atoms with Crippen LogP contribution in [0.5, 0.6) is 0 Å². The van der Waals surface area contributed by atoms with Crippen molar-refractivity contribution in [3.05, 3.63) is 84.1 Å². The summed E-state index contributed by atoms with van der Waals surface area (Å²) in [7, 11) is 0. The zero-order valence-electron chi connectivity index (χ0n) is 14.1. The van der Waals surface area contributed by atoms with Gasteiger partial charge in [-0.2, -0.15) is 0 Å². The molecule has 2 heterocycles. The van der Waals surface area contributed by atoms with Gasteiger partial charge in [0.1, 0.15) is 5.69 Å². The number of aromatic nitrogens is 3. The lowest BCUT2D eigenvalue weighted by atomic mass is 10.1. The lowest BCUT2D eigenvalue weighted by Gasteiger charge is -2.11. The number of fused-ring (bicyclic) bond motifs is 1. The fourth-order valence-electron chi connectivity index (χ4n) is 2.94. The largest absolute Gasteiger partial charge is 0.356 e. The molecule has 0 unspecified atom stereocenters. The Morgan fingerprint density at radius 1 is 1.08 bits per heavy atom. The zero-order valence-corrected chi connectivity index (χ0v) is 14.1. The highest BCUT2D eigenvalue weighted by Crippen LogP contribution is 2.18. The molecular weight excluding hydrogens is 328 g/mol. The highest BCUT2D eigenvalue weighted by molar-refractivity contribution is 5.86. The van der Waals surface area contributed by atoms with Gasteiger partial charge < -0.3 is 14.4 Å². The summed E-state index contributed by atoms with van der Waals surface area (Å²) in [4.78, 5) is 16.4. The fourth-order valence-corrected chi connectivity index (χ4v) is 2.94. The Balaban J connectivity index is 1.42. The number of rotatable bonds is 6. The predicted molar refractivity (Wildman–Crippen MR) is 97.3 cm³/mol. The molecule has 0 saturated carbocycles. The third-order valence-corrected chi connectivity index (χ3v) is 4.29. The van der Waals surface area contributed by atoms with Gasteiger partial charge in [-0.25, -0.2) is 4.98 Å². The quantitative estimate of drug-likeness (QED) is 0.583. The fraction of sp³-hybridized carbons (Fsp3) is 0.150.